The molecule has 0 aromatic heterocycles. The zero-order valence-electron chi connectivity index (χ0n) is 6.67. The van der Waals surface area contributed by atoms with Crippen LogP contribution in [0, 0.1) is 12.3 Å². The molecule has 0 fully saturated rings. The highest BCUT2D eigenvalue weighted by atomic mass is 31.1. The third-order valence-corrected chi connectivity index (χ3v) is 2.05. The SMILES string of the molecule is C#CC[PH](=O)OCCC=CC. The molecular formula is C8H13O2P. The van der Waals surface area contributed by atoms with Gasteiger partial charge in [-0.25, -0.2) is 0 Å². The summed E-state index contributed by atoms with van der Waals surface area (Å²) in [5.74, 6) is 2.30. The lowest BCUT2D eigenvalue weighted by Gasteiger charge is -1.97. The Kier molecular flexibility index (Phi) is 7.24. The highest BCUT2D eigenvalue weighted by Crippen LogP contribution is 2.20. The van der Waals surface area contributed by atoms with E-state index in [9.17, 15) is 4.57 Å². The highest BCUT2D eigenvalue weighted by Gasteiger charge is 1.93. The monoisotopic (exact) mass is 172 g/mol. The van der Waals surface area contributed by atoms with Crippen LogP contribution in [0.25, 0.3) is 0 Å². The fraction of sp³-hybridized carbons (Fsp3) is 0.500. The molecule has 62 valence electrons. The lowest BCUT2D eigenvalue weighted by molar-refractivity contribution is 0.338. The Morgan fingerprint density at radius 2 is 2.45 bits per heavy atom. The van der Waals surface area contributed by atoms with E-state index < -0.39 is 8.03 Å². The van der Waals surface area contributed by atoms with Crippen LogP contribution in [0.15, 0.2) is 12.2 Å². The van der Waals surface area contributed by atoms with E-state index in [-0.39, 0.29) is 6.16 Å². The minimum Gasteiger partial charge on any atom is -0.330 e. The van der Waals surface area contributed by atoms with Crippen molar-refractivity contribution >= 4 is 8.03 Å². The minimum atomic E-state index is -1.94. The standard InChI is InChI=1S/C8H13O2P/c1-3-5-6-7-10-11(9)8-4-2/h2-3,5,11H,6-8H2,1H3. The first-order chi connectivity index (χ1) is 5.31. The van der Waals surface area contributed by atoms with Gasteiger partial charge in [0, 0.05) is 0 Å². The molecule has 3 heteroatoms. The number of hydrogen-bond acceptors (Lipinski definition) is 2. The molecule has 0 N–H and O–H groups in total. The lowest BCUT2D eigenvalue weighted by atomic mass is 10.4. The first kappa shape index (κ1) is 10.5. The van der Waals surface area contributed by atoms with Crippen molar-refractivity contribution in [3.05, 3.63) is 12.2 Å². The lowest BCUT2D eigenvalue weighted by Crippen LogP contribution is -1.84. The molecule has 0 spiro atoms. The maximum atomic E-state index is 10.8. The predicted molar refractivity (Wildman–Crippen MR) is 48.1 cm³/mol. The number of hydrogen-bond donors (Lipinski definition) is 0. The molecule has 0 amide bonds. The summed E-state index contributed by atoms with van der Waals surface area (Å²) in [6, 6.07) is 0. The zero-order valence-corrected chi connectivity index (χ0v) is 7.67. The van der Waals surface area contributed by atoms with Crippen molar-refractivity contribution in [1.82, 2.24) is 0 Å². The van der Waals surface area contributed by atoms with Gasteiger partial charge in [-0.2, -0.15) is 0 Å². The smallest absolute Gasteiger partial charge is 0.203 e. The van der Waals surface area contributed by atoms with Crippen molar-refractivity contribution in [3.8, 4) is 12.3 Å². The molecule has 0 aliphatic rings. The molecule has 0 aromatic rings. The van der Waals surface area contributed by atoms with Crippen LogP contribution in [0.3, 0.4) is 0 Å². The Bertz CT molecular complexity index is 179. The van der Waals surface area contributed by atoms with Gasteiger partial charge < -0.3 is 4.52 Å². The summed E-state index contributed by atoms with van der Waals surface area (Å²) in [5, 5.41) is 0. The summed E-state index contributed by atoms with van der Waals surface area (Å²) in [5.41, 5.74) is 0. The highest BCUT2D eigenvalue weighted by molar-refractivity contribution is 7.39. The normalized spacial score (nSPS) is 13.1. The van der Waals surface area contributed by atoms with Crippen LogP contribution in [0.2, 0.25) is 0 Å². The molecule has 0 saturated heterocycles. The molecule has 1 unspecified atom stereocenters. The van der Waals surface area contributed by atoms with Crippen LogP contribution >= 0.6 is 8.03 Å². The fourth-order valence-corrected chi connectivity index (χ4v) is 1.16. The van der Waals surface area contributed by atoms with Crippen LogP contribution in [0.1, 0.15) is 13.3 Å². The van der Waals surface area contributed by atoms with Gasteiger partial charge in [-0.1, -0.05) is 18.1 Å². The van der Waals surface area contributed by atoms with Crippen LogP contribution < -0.4 is 0 Å². The summed E-state index contributed by atoms with van der Waals surface area (Å²) in [4.78, 5) is 0. The van der Waals surface area contributed by atoms with E-state index in [0.29, 0.717) is 6.61 Å². The van der Waals surface area contributed by atoms with E-state index >= 15 is 0 Å². The molecule has 0 aromatic carbocycles. The summed E-state index contributed by atoms with van der Waals surface area (Å²) < 4.78 is 15.7. The maximum Gasteiger partial charge on any atom is 0.203 e. The summed E-state index contributed by atoms with van der Waals surface area (Å²) >= 11 is 0. The molecular weight excluding hydrogens is 159 g/mol. The van der Waals surface area contributed by atoms with Gasteiger partial charge in [0.1, 0.15) is 0 Å². The van der Waals surface area contributed by atoms with Gasteiger partial charge in [0.15, 0.2) is 0 Å². The van der Waals surface area contributed by atoms with Crippen LogP contribution in [-0.2, 0) is 9.09 Å². The van der Waals surface area contributed by atoms with Gasteiger partial charge in [-0.05, 0) is 13.3 Å². The van der Waals surface area contributed by atoms with Crippen molar-refractivity contribution < 1.29 is 9.09 Å². The second-order valence-electron chi connectivity index (χ2n) is 1.96. The quantitative estimate of drug-likeness (QED) is 0.274. The van der Waals surface area contributed by atoms with Gasteiger partial charge in [0.05, 0.1) is 12.8 Å². The molecule has 0 saturated carbocycles. The summed E-state index contributed by atoms with van der Waals surface area (Å²) in [6.45, 7) is 2.44. The van der Waals surface area contributed by atoms with Crippen LogP contribution in [0.5, 0.6) is 0 Å². The largest absolute Gasteiger partial charge is 0.330 e. The average Bonchev–Trinajstić information content (AvgIpc) is 1.99. The van der Waals surface area contributed by atoms with Gasteiger partial charge >= 0.3 is 0 Å². The molecule has 2 nitrogen and oxygen atoms in total. The van der Waals surface area contributed by atoms with Gasteiger partial charge in [0.2, 0.25) is 8.03 Å². The molecule has 0 rings (SSSR count). The molecule has 0 radical (unpaired) electrons. The fourth-order valence-electron chi connectivity index (χ4n) is 0.542. The van der Waals surface area contributed by atoms with Crippen LogP contribution in [0.4, 0.5) is 0 Å². The van der Waals surface area contributed by atoms with Crippen molar-refractivity contribution in [3.63, 3.8) is 0 Å². The van der Waals surface area contributed by atoms with E-state index in [1.165, 1.54) is 0 Å². The molecule has 0 aliphatic carbocycles. The van der Waals surface area contributed by atoms with Crippen LogP contribution in [-0.4, -0.2) is 12.8 Å². The Morgan fingerprint density at radius 3 is 3.00 bits per heavy atom. The Labute approximate surface area is 68.5 Å². The number of rotatable bonds is 5. The molecule has 0 heterocycles. The topological polar surface area (TPSA) is 26.3 Å². The first-order valence-corrected chi connectivity index (χ1v) is 5.04. The Balaban J connectivity index is 3.26. The van der Waals surface area contributed by atoms with Gasteiger partial charge in [-0.3, -0.25) is 4.57 Å². The number of allylic oxidation sites excluding steroid dienone is 1. The van der Waals surface area contributed by atoms with E-state index in [4.69, 9.17) is 10.9 Å². The Morgan fingerprint density at radius 1 is 1.73 bits per heavy atom. The molecule has 1 atom stereocenters. The van der Waals surface area contributed by atoms with Gasteiger partial charge in [0.25, 0.3) is 0 Å². The number of terminal acetylenes is 1. The second kappa shape index (κ2) is 7.60. The van der Waals surface area contributed by atoms with E-state index in [1.54, 1.807) is 0 Å². The van der Waals surface area contributed by atoms with Gasteiger partial charge in [-0.15, -0.1) is 6.42 Å². The van der Waals surface area contributed by atoms with E-state index in [1.807, 2.05) is 19.1 Å². The summed E-state index contributed by atoms with van der Waals surface area (Å²) in [7, 11) is -1.94. The molecule has 0 aliphatic heterocycles. The van der Waals surface area contributed by atoms with Crippen molar-refractivity contribution in [1.29, 1.82) is 0 Å². The van der Waals surface area contributed by atoms with Crippen molar-refractivity contribution in [2.45, 2.75) is 13.3 Å². The minimum absolute atomic E-state index is 0.251. The third-order valence-electron chi connectivity index (χ3n) is 1.03. The molecule has 11 heavy (non-hydrogen) atoms. The second-order valence-corrected chi connectivity index (χ2v) is 3.35. The maximum absolute atomic E-state index is 10.8. The molecule has 0 bridgehead atoms. The predicted octanol–water partition coefficient (Wildman–Crippen LogP) is 2.08. The van der Waals surface area contributed by atoms with E-state index in [0.717, 1.165) is 6.42 Å². The van der Waals surface area contributed by atoms with Crippen molar-refractivity contribution in [2.24, 2.45) is 0 Å². The summed E-state index contributed by atoms with van der Waals surface area (Å²) in [6.07, 6.45) is 9.89. The Hall–Kier alpha value is -0.510. The van der Waals surface area contributed by atoms with E-state index in [2.05, 4.69) is 5.92 Å². The zero-order chi connectivity index (χ0) is 8.53. The third kappa shape index (κ3) is 7.39. The van der Waals surface area contributed by atoms with Crippen molar-refractivity contribution in [2.75, 3.05) is 12.8 Å². The average molecular weight is 172 g/mol. The first-order valence-electron chi connectivity index (χ1n) is 3.51.